The molecule has 100 valence electrons. The van der Waals surface area contributed by atoms with E-state index in [0.717, 1.165) is 10.5 Å². The summed E-state index contributed by atoms with van der Waals surface area (Å²) in [6, 6.07) is 7.05. The second-order valence-corrected chi connectivity index (χ2v) is 4.23. The lowest BCUT2D eigenvalue weighted by molar-refractivity contribution is -0.119. The van der Waals surface area contributed by atoms with E-state index in [1.807, 2.05) is 12.1 Å². The predicted molar refractivity (Wildman–Crippen MR) is 69.7 cm³/mol. The molecule has 6 nitrogen and oxygen atoms in total. The number of rotatable bonds is 5. The van der Waals surface area contributed by atoms with Gasteiger partial charge in [-0.05, 0) is 30.5 Å². The van der Waals surface area contributed by atoms with Crippen molar-refractivity contribution in [2.75, 3.05) is 4.90 Å². The smallest absolute Gasteiger partial charge is 0.258 e. The van der Waals surface area contributed by atoms with Crippen LogP contribution in [0.3, 0.4) is 0 Å². The van der Waals surface area contributed by atoms with Gasteiger partial charge in [0.15, 0.2) is 0 Å². The van der Waals surface area contributed by atoms with E-state index in [1.54, 1.807) is 12.1 Å². The number of anilines is 1. The summed E-state index contributed by atoms with van der Waals surface area (Å²) in [5.74, 6) is 4.42. The van der Waals surface area contributed by atoms with Crippen LogP contribution in [-0.4, -0.2) is 23.1 Å². The van der Waals surface area contributed by atoms with Crippen LogP contribution in [-0.2, 0) is 16.0 Å². The first-order valence-electron chi connectivity index (χ1n) is 5.91. The molecule has 2 rings (SSSR count). The number of hydrazine groups is 1. The van der Waals surface area contributed by atoms with Crippen LogP contribution >= 0.6 is 0 Å². The van der Waals surface area contributed by atoms with E-state index in [2.05, 4.69) is 5.43 Å². The Hall–Kier alpha value is -2.02. The fourth-order valence-corrected chi connectivity index (χ4v) is 1.85. The molecular weight excluding hydrogens is 246 g/mol. The second kappa shape index (κ2) is 5.75. The van der Waals surface area contributed by atoms with E-state index in [4.69, 9.17) is 5.84 Å². The Bertz CT molecular complexity index is 492. The number of imide groups is 1. The van der Waals surface area contributed by atoms with Gasteiger partial charge in [-0.1, -0.05) is 12.1 Å². The van der Waals surface area contributed by atoms with Crippen molar-refractivity contribution in [1.29, 1.82) is 0 Å². The van der Waals surface area contributed by atoms with Crippen molar-refractivity contribution in [3.8, 4) is 0 Å². The van der Waals surface area contributed by atoms with Crippen molar-refractivity contribution in [3.05, 3.63) is 42.0 Å². The standard InChI is InChI=1S/C13H15N3O3/c14-15-11(17)6-3-9-1-4-10(5-2-9)16-12(18)7-8-13(16)19/h1-2,4-5,7-8,11,15,17H,3,6,14H2/t11-/m0/s1. The molecule has 0 saturated carbocycles. The Kier molecular flexibility index (Phi) is 4.06. The summed E-state index contributed by atoms with van der Waals surface area (Å²) in [4.78, 5) is 24.1. The zero-order valence-electron chi connectivity index (χ0n) is 10.2. The molecule has 1 aliphatic rings. The van der Waals surface area contributed by atoms with Gasteiger partial charge in [0.1, 0.15) is 6.23 Å². The highest BCUT2D eigenvalue weighted by Gasteiger charge is 2.24. The van der Waals surface area contributed by atoms with Gasteiger partial charge in [-0.15, -0.1) is 0 Å². The molecule has 0 radical (unpaired) electrons. The van der Waals surface area contributed by atoms with Gasteiger partial charge in [-0.25, -0.2) is 10.3 Å². The number of hydrogen-bond acceptors (Lipinski definition) is 5. The maximum Gasteiger partial charge on any atom is 0.258 e. The van der Waals surface area contributed by atoms with Gasteiger partial charge in [0.2, 0.25) is 0 Å². The SMILES string of the molecule is NN[C@@H](O)CCc1ccc(N2C(=O)C=CC2=O)cc1. The van der Waals surface area contributed by atoms with Crippen molar-refractivity contribution in [2.45, 2.75) is 19.1 Å². The first-order chi connectivity index (χ1) is 9.11. The minimum absolute atomic E-state index is 0.333. The number of aliphatic hydroxyl groups is 1. The number of carbonyl (C=O) groups excluding carboxylic acids is 2. The van der Waals surface area contributed by atoms with Crippen molar-refractivity contribution < 1.29 is 14.7 Å². The van der Waals surface area contributed by atoms with Crippen LogP contribution < -0.4 is 16.2 Å². The van der Waals surface area contributed by atoms with E-state index < -0.39 is 6.23 Å². The van der Waals surface area contributed by atoms with Gasteiger partial charge in [0, 0.05) is 12.2 Å². The summed E-state index contributed by atoms with van der Waals surface area (Å²) in [7, 11) is 0. The zero-order valence-corrected chi connectivity index (χ0v) is 10.2. The Balaban J connectivity index is 2.03. The van der Waals surface area contributed by atoms with Crippen LogP contribution in [0.15, 0.2) is 36.4 Å². The predicted octanol–water partition coefficient (Wildman–Crippen LogP) is -0.170. The topological polar surface area (TPSA) is 95.7 Å². The minimum Gasteiger partial charge on any atom is -0.377 e. The van der Waals surface area contributed by atoms with Crippen LogP contribution in [0, 0.1) is 0 Å². The quantitative estimate of drug-likeness (QED) is 0.296. The van der Waals surface area contributed by atoms with Crippen LogP contribution in [0.4, 0.5) is 5.69 Å². The Morgan fingerprint density at radius 2 is 1.74 bits per heavy atom. The summed E-state index contributed by atoms with van der Waals surface area (Å²) in [5, 5.41) is 9.27. The summed E-state index contributed by atoms with van der Waals surface area (Å²) >= 11 is 0. The van der Waals surface area contributed by atoms with Crippen LogP contribution in [0.2, 0.25) is 0 Å². The third kappa shape index (κ3) is 3.05. The lowest BCUT2D eigenvalue weighted by Crippen LogP contribution is -2.35. The van der Waals surface area contributed by atoms with Gasteiger partial charge in [-0.3, -0.25) is 15.4 Å². The summed E-state index contributed by atoms with van der Waals surface area (Å²) in [6.07, 6.45) is 2.88. The molecule has 1 atom stereocenters. The third-order valence-electron chi connectivity index (χ3n) is 2.90. The molecule has 0 aromatic heterocycles. The highest BCUT2D eigenvalue weighted by molar-refractivity contribution is 6.28. The molecule has 19 heavy (non-hydrogen) atoms. The number of nitrogens with zero attached hydrogens (tertiary/aromatic N) is 1. The zero-order chi connectivity index (χ0) is 13.8. The molecule has 1 heterocycles. The Morgan fingerprint density at radius 1 is 1.16 bits per heavy atom. The first-order valence-corrected chi connectivity index (χ1v) is 5.91. The van der Waals surface area contributed by atoms with Crippen LogP contribution in [0.1, 0.15) is 12.0 Å². The highest BCUT2D eigenvalue weighted by atomic mass is 16.3. The lowest BCUT2D eigenvalue weighted by Gasteiger charge is -2.14. The van der Waals surface area contributed by atoms with E-state index in [-0.39, 0.29) is 11.8 Å². The van der Waals surface area contributed by atoms with E-state index >= 15 is 0 Å². The fraction of sp³-hybridized carbons (Fsp3) is 0.231. The molecule has 1 aromatic rings. The number of hydrogen-bond donors (Lipinski definition) is 3. The van der Waals surface area contributed by atoms with Crippen molar-refractivity contribution in [3.63, 3.8) is 0 Å². The number of aliphatic hydroxyl groups excluding tert-OH is 1. The number of amides is 2. The molecule has 2 amide bonds. The fourth-order valence-electron chi connectivity index (χ4n) is 1.85. The van der Waals surface area contributed by atoms with Gasteiger partial charge in [-0.2, -0.15) is 0 Å². The number of carbonyl (C=O) groups is 2. The third-order valence-corrected chi connectivity index (χ3v) is 2.90. The number of nitrogens with one attached hydrogen (secondary N) is 1. The Labute approximate surface area is 110 Å². The van der Waals surface area contributed by atoms with Gasteiger partial charge in [0.25, 0.3) is 11.8 Å². The highest BCUT2D eigenvalue weighted by Crippen LogP contribution is 2.20. The van der Waals surface area contributed by atoms with Crippen molar-refractivity contribution in [2.24, 2.45) is 5.84 Å². The normalized spacial score (nSPS) is 16.2. The molecule has 0 bridgehead atoms. The summed E-state index contributed by atoms with van der Waals surface area (Å²) < 4.78 is 0. The van der Waals surface area contributed by atoms with Crippen LogP contribution in [0.25, 0.3) is 0 Å². The molecule has 0 fully saturated rings. The molecule has 0 unspecified atom stereocenters. The van der Waals surface area contributed by atoms with Crippen molar-refractivity contribution in [1.82, 2.24) is 5.43 Å². The number of nitrogens with two attached hydrogens (primary N) is 1. The molecule has 0 spiro atoms. The lowest BCUT2D eigenvalue weighted by atomic mass is 10.1. The van der Waals surface area contributed by atoms with Gasteiger partial charge in [0.05, 0.1) is 5.69 Å². The van der Waals surface area contributed by atoms with Crippen molar-refractivity contribution >= 4 is 17.5 Å². The molecule has 4 N–H and O–H groups in total. The molecular formula is C13H15N3O3. The average Bonchev–Trinajstić information content (AvgIpc) is 2.76. The molecule has 0 saturated heterocycles. The second-order valence-electron chi connectivity index (χ2n) is 4.23. The van der Waals surface area contributed by atoms with Gasteiger partial charge < -0.3 is 5.11 Å². The minimum atomic E-state index is -0.745. The maximum atomic E-state index is 11.5. The van der Waals surface area contributed by atoms with Gasteiger partial charge >= 0.3 is 0 Å². The number of aryl methyl sites for hydroxylation is 1. The molecule has 6 heteroatoms. The number of benzene rings is 1. The molecule has 1 aliphatic heterocycles. The molecule has 1 aromatic carbocycles. The first kappa shape index (κ1) is 13.4. The summed E-state index contributed by atoms with van der Waals surface area (Å²) in [6.45, 7) is 0. The summed E-state index contributed by atoms with van der Waals surface area (Å²) in [5.41, 5.74) is 3.79. The van der Waals surface area contributed by atoms with Crippen LogP contribution in [0.5, 0.6) is 0 Å². The molecule has 0 aliphatic carbocycles. The maximum absolute atomic E-state index is 11.5. The van der Waals surface area contributed by atoms with E-state index in [9.17, 15) is 14.7 Å². The monoisotopic (exact) mass is 261 g/mol. The largest absolute Gasteiger partial charge is 0.377 e. The van der Waals surface area contributed by atoms with E-state index in [0.29, 0.717) is 18.5 Å². The van der Waals surface area contributed by atoms with E-state index in [1.165, 1.54) is 12.2 Å². The average molecular weight is 261 g/mol. The Morgan fingerprint density at radius 3 is 2.26 bits per heavy atom.